The van der Waals surface area contributed by atoms with Gasteiger partial charge in [0, 0.05) is 28.1 Å². The molecule has 100 valence electrons. The van der Waals surface area contributed by atoms with Crippen LogP contribution in [0.1, 0.15) is 15.9 Å². The highest BCUT2D eigenvalue weighted by Gasteiger charge is 2.04. The molecular formula is C16H12BrNO2. The van der Waals surface area contributed by atoms with Crippen molar-refractivity contribution in [1.82, 2.24) is 4.57 Å². The standard InChI is InChI=1S/C16H12BrNO2/c17-14-5-6-15-13(9-14)7-8-18(15)10-11-1-3-12(4-2-11)16(19)20/h1-9H,10H2,(H,19,20). The maximum absolute atomic E-state index is 10.8. The van der Waals surface area contributed by atoms with E-state index in [1.54, 1.807) is 12.1 Å². The highest BCUT2D eigenvalue weighted by atomic mass is 79.9. The quantitative estimate of drug-likeness (QED) is 0.784. The summed E-state index contributed by atoms with van der Waals surface area (Å²) in [7, 11) is 0. The number of fused-ring (bicyclic) bond motifs is 1. The molecule has 0 saturated carbocycles. The van der Waals surface area contributed by atoms with Crippen molar-refractivity contribution in [2.24, 2.45) is 0 Å². The van der Waals surface area contributed by atoms with Crippen LogP contribution in [0.5, 0.6) is 0 Å². The number of carboxylic acids is 1. The van der Waals surface area contributed by atoms with Crippen LogP contribution in [0.25, 0.3) is 10.9 Å². The lowest BCUT2D eigenvalue weighted by Gasteiger charge is -2.06. The summed E-state index contributed by atoms with van der Waals surface area (Å²) in [6, 6.07) is 15.2. The van der Waals surface area contributed by atoms with Crippen LogP contribution < -0.4 is 0 Å². The second-order valence-electron chi connectivity index (χ2n) is 4.65. The molecule has 0 fully saturated rings. The lowest BCUT2D eigenvalue weighted by atomic mass is 10.1. The molecular weight excluding hydrogens is 318 g/mol. The molecule has 0 atom stereocenters. The van der Waals surface area contributed by atoms with Gasteiger partial charge in [0.2, 0.25) is 0 Å². The van der Waals surface area contributed by atoms with Crippen LogP contribution in [0.2, 0.25) is 0 Å². The number of benzene rings is 2. The Kier molecular flexibility index (Phi) is 3.32. The molecule has 20 heavy (non-hydrogen) atoms. The van der Waals surface area contributed by atoms with Crippen LogP contribution in [0.4, 0.5) is 0 Å². The normalized spacial score (nSPS) is 10.8. The van der Waals surface area contributed by atoms with Gasteiger partial charge in [-0.25, -0.2) is 4.79 Å². The van der Waals surface area contributed by atoms with Crippen molar-refractivity contribution >= 4 is 32.8 Å². The minimum absolute atomic E-state index is 0.315. The molecule has 0 aliphatic heterocycles. The molecule has 1 N–H and O–H groups in total. The topological polar surface area (TPSA) is 42.2 Å². The van der Waals surface area contributed by atoms with Gasteiger partial charge in [0.05, 0.1) is 5.56 Å². The van der Waals surface area contributed by atoms with Crippen molar-refractivity contribution in [1.29, 1.82) is 0 Å². The van der Waals surface area contributed by atoms with E-state index >= 15 is 0 Å². The first-order valence-corrected chi connectivity index (χ1v) is 6.99. The van der Waals surface area contributed by atoms with E-state index in [9.17, 15) is 4.79 Å². The van der Waals surface area contributed by atoms with Crippen molar-refractivity contribution in [2.45, 2.75) is 6.54 Å². The van der Waals surface area contributed by atoms with Gasteiger partial charge < -0.3 is 9.67 Å². The highest BCUT2D eigenvalue weighted by Crippen LogP contribution is 2.21. The van der Waals surface area contributed by atoms with Gasteiger partial charge in [-0.3, -0.25) is 0 Å². The molecule has 3 nitrogen and oxygen atoms in total. The average molecular weight is 330 g/mol. The first-order valence-electron chi connectivity index (χ1n) is 6.20. The number of nitrogens with zero attached hydrogens (tertiary/aromatic N) is 1. The third-order valence-corrected chi connectivity index (χ3v) is 3.78. The zero-order valence-electron chi connectivity index (χ0n) is 10.6. The van der Waals surface area contributed by atoms with Crippen LogP contribution in [-0.2, 0) is 6.54 Å². The molecule has 0 saturated heterocycles. The van der Waals surface area contributed by atoms with Gasteiger partial charge in [-0.15, -0.1) is 0 Å². The Morgan fingerprint density at radius 3 is 2.55 bits per heavy atom. The molecule has 3 aromatic rings. The largest absolute Gasteiger partial charge is 0.478 e. The number of aromatic carboxylic acids is 1. The fourth-order valence-corrected chi connectivity index (χ4v) is 2.64. The summed E-state index contributed by atoms with van der Waals surface area (Å²) in [5.41, 5.74) is 2.56. The number of hydrogen-bond acceptors (Lipinski definition) is 1. The number of rotatable bonds is 3. The first kappa shape index (κ1) is 12.9. The van der Waals surface area contributed by atoms with E-state index in [1.165, 1.54) is 5.39 Å². The summed E-state index contributed by atoms with van der Waals surface area (Å²) < 4.78 is 3.21. The molecule has 0 aliphatic carbocycles. The van der Waals surface area contributed by atoms with Crippen molar-refractivity contribution < 1.29 is 9.90 Å². The SMILES string of the molecule is O=C(O)c1ccc(Cn2ccc3cc(Br)ccc32)cc1. The van der Waals surface area contributed by atoms with Crippen molar-refractivity contribution in [3.63, 3.8) is 0 Å². The van der Waals surface area contributed by atoms with Crippen LogP contribution in [0.3, 0.4) is 0 Å². The lowest BCUT2D eigenvalue weighted by Crippen LogP contribution is -2.00. The zero-order chi connectivity index (χ0) is 14.1. The van der Waals surface area contributed by atoms with Crippen molar-refractivity contribution in [2.75, 3.05) is 0 Å². The number of carbonyl (C=O) groups is 1. The van der Waals surface area contributed by atoms with Crippen molar-refractivity contribution in [3.05, 3.63) is 70.3 Å². The highest BCUT2D eigenvalue weighted by molar-refractivity contribution is 9.10. The van der Waals surface area contributed by atoms with Crippen molar-refractivity contribution in [3.8, 4) is 0 Å². The molecule has 0 spiro atoms. The summed E-state index contributed by atoms with van der Waals surface area (Å²) in [6.45, 7) is 0.727. The number of carboxylic acid groups (broad SMARTS) is 1. The van der Waals surface area contributed by atoms with Crippen LogP contribution in [0, 0.1) is 0 Å². The summed E-state index contributed by atoms with van der Waals surface area (Å²) in [6.07, 6.45) is 2.04. The number of hydrogen-bond donors (Lipinski definition) is 1. The van der Waals surface area contributed by atoms with E-state index < -0.39 is 5.97 Å². The minimum atomic E-state index is -0.896. The molecule has 1 aromatic heterocycles. The second kappa shape index (κ2) is 5.13. The summed E-state index contributed by atoms with van der Waals surface area (Å²) >= 11 is 3.47. The Balaban J connectivity index is 1.91. The van der Waals surface area contributed by atoms with Gasteiger partial charge in [-0.05, 0) is 42.0 Å². The van der Waals surface area contributed by atoms with Gasteiger partial charge >= 0.3 is 5.97 Å². The Morgan fingerprint density at radius 1 is 1.10 bits per heavy atom. The summed E-state index contributed by atoms with van der Waals surface area (Å²) in [4.78, 5) is 10.8. The molecule has 2 aromatic carbocycles. The molecule has 0 amide bonds. The minimum Gasteiger partial charge on any atom is -0.478 e. The van der Waals surface area contributed by atoms with E-state index in [1.807, 2.05) is 24.4 Å². The molecule has 0 bridgehead atoms. The zero-order valence-corrected chi connectivity index (χ0v) is 12.2. The smallest absolute Gasteiger partial charge is 0.335 e. The van der Waals surface area contributed by atoms with Crippen LogP contribution in [0.15, 0.2) is 59.2 Å². The molecule has 1 heterocycles. The average Bonchev–Trinajstić information content (AvgIpc) is 2.81. The predicted octanol–water partition coefficient (Wildman–Crippen LogP) is 4.15. The van der Waals surface area contributed by atoms with Gasteiger partial charge in [0.25, 0.3) is 0 Å². The predicted molar refractivity (Wildman–Crippen MR) is 82.1 cm³/mol. The van der Waals surface area contributed by atoms with E-state index in [4.69, 9.17) is 5.11 Å². The molecule has 4 heteroatoms. The Hall–Kier alpha value is -2.07. The first-order chi connectivity index (χ1) is 9.63. The number of aromatic nitrogens is 1. The fraction of sp³-hybridized carbons (Fsp3) is 0.0625. The van der Waals surface area contributed by atoms with Gasteiger partial charge in [-0.1, -0.05) is 28.1 Å². The summed E-state index contributed by atoms with van der Waals surface area (Å²) in [5.74, 6) is -0.896. The second-order valence-corrected chi connectivity index (χ2v) is 5.56. The van der Waals surface area contributed by atoms with Gasteiger partial charge in [0.15, 0.2) is 0 Å². The maximum atomic E-state index is 10.8. The Morgan fingerprint density at radius 2 is 1.85 bits per heavy atom. The van der Waals surface area contributed by atoms with Gasteiger partial charge in [-0.2, -0.15) is 0 Å². The van der Waals surface area contributed by atoms with E-state index in [0.717, 1.165) is 22.1 Å². The monoisotopic (exact) mass is 329 g/mol. The fourth-order valence-electron chi connectivity index (χ4n) is 2.26. The summed E-state index contributed by atoms with van der Waals surface area (Å²) in [5, 5.41) is 10.1. The van der Waals surface area contributed by atoms with E-state index in [0.29, 0.717) is 5.56 Å². The number of halogens is 1. The third kappa shape index (κ3) is 2.47. The molecule has 3 rings (SSSR count). The molecule has 0 aliphatic rings. The Bertz CT molecular complexity index is 775. The maximum Gasteiger partial charge on any atom is 0.335 e. The van der Waals surface area contributed by atoms with E-state index in [-0.39, 0.29) is 0 Å². The van der Waals surface area contributed by atoms with Crippen LogP contribution >= 0.6 is 15.9 Å². The van der Waals surface area contributed by atoms with E-state index in [2.05, 4.69) is 38.7 Å². The third-order valence-electron chi connectivity index (χ3n) is 3.29. The lowest BCUT2D eigenvalue weighted by molar-refractivity contribution is 0.0697. The molecule has 0 unspecified atom stereocenters. The molecule has 0 radical (unpaired) electrons. The van der Waals surface area contributed by atoms with Gasteiger partial charge in [0.1, 0.15) is 0 Å². The Labute approximate surface area is 124 Å². The van der Waals surface area contributed by atoms with Crippen LogP contribution in [-0.4, -0.2) is 15.6 Å².